The molecular weight excluding hydrogens is 294 g/mol. The minimum atomic E-state index is -0.444. The number of nitrogens with one attached hydrogen (secondary N) is 2. The molecule has 6 heteroatoms. The van der Waals surface area contributed by atoms with E-state index in [0.29, 0.717) is 0 Å². The van der Waals surface area contributed by atoms with Gasteiger partial charge in [0.15, 0.2) is 0 Å². The second-order valence-electron chi connectivity index (χ2n) is 4.92. The Labute approximate surface area is 134 Å². The summed E-state index contributed by atoms with van der Waals surface area (Å²) in [6.07, 6.45) is 1.51. The maximum atomic E-state index is 12.0. The topological polar surface area (TPSA) is 83.0 Å². The summed E-state index contributed by atoms with van der Waals surface area (Å²) in [5, 5.41) is 16.2. The second kappa shape index (κ2) is 7.84. The normalized spacial score (nSPS) is 11.9. The first-order valence-corrected chi connectivity index (χ1v) is 7.11. The highest BCUT2D eigenvalue weighted by atomic mass is 16.5. The summed E-state index contributed by atoms with van der Waals surface area (Å²) in [6.45, 7) is 1.75. The van der Waals surface area contributed by atoms with Crippen LogP contribution in [0.1, 0.15) is 12.5 Å². The molecule has 0 radical (unpaired) electrons. The lowest BCUT2D eigenvalue weighted by atomic mass is 10.2. The number of aromatic hydroxyl groups is 1. The van der Waals surface area contributed by atoms with E-state index in [0.717, 1.165) is 17.0 Å². The number of hydrogen-bond acceptors (Lipinski definition) is 5. The number of hydrogen-bond donors (Lipinski definition) is 3. The monoisotopic (exact) mass is 313 g/mol. The minimum absolute atomic E-state index is 0.184. The minimum Gasteiger partial charge on any atom is -0.508 e. The highest BCUT2D eigenvalue weighted by Gasteiger charge is 2.11. The zero-order chi connectivity index (χ0) is 16.7. The van der Waals surface area contributed by atoms with Crippen molar-refractivity contribution in [3.63, 3.8) is 0 Å². The molecule has 0 aliphatic rings. The van der Waals surface area contributed by atoms with Crippen molar-refractivity contribution in [1.29, 1.82) is 0 Å². The van der Waals surface area contributed by atoms with Crippen molar-refractivity contribution in [2.24, 2.45) is 5.10 Å². The maximum absolute atomic E-state index is 12.0. The van der Waals surface area contributed by atoms with E-state index in [1.807, 2.05) is 24.3 Å². The van der Waals surface area contributed by atoms with Crippen molar-refractivity contribution in [2.45, 2.75) is 13.0 Å². The second-order valence-corrected chi connectivity index (χ2v) is 4.92. The molecule has 1 atom stereocenters. The van der Waals surface area contributed by atoms with Crippen LogP contribution in [0.25, 0.3) is 0 Å². The first-order valence-electron chi connectivity index (χ1n) is 7.11. The number of benzene rings is 2. The van der Waals surface area contributed by atoms with Crippen LogP contribution in [-0.2, 0) is 4.79 Å². The van der Waals surface area contributed by atoms with Gasteiger partial charge in [-0.25, -0.2) is 5.43 Å². The van der Waals surface area contributed by atoms with E-state index >= 15 is 0 Å². The molecule has 0 aliphatic carbocycles. The third-order valence-corrected chi connectivity index (χ3v) is 3.15. The van der Waals surface area contributed by atoms with Crippen molar-refractivity contribution in [1.82, 2.24) is 5.43 Å². The smallest absolute Gasteiger partial charge is 0.262 e. The molecule has 23 heavy (non-hydrogen) atoms. The first kappa shape index (κ1) is 16.4. The molecule has 0 aliphatic heterocycles. The van der Waals surface area contributed by atoms with Crippen LogP contribution in [0.2, 0.25) is 0 Å². The molecule has 2 aromatic rings. The summed E-state index contributed by atoms with van der Waals surface area (Å²) in [5.41, 5.74) is 4.06. The molecule has 0 heterocycles. The van der Waals surface area contributed by atoms with E-state index in [-0.39, 0.29) is 11.7 Å². The molecule has 0 fully saturated rings. The first-order chi connectivity index (χ1) is 11.1. The highest BCUT2D eigenvalue weighted by molar-refractivity contribution is 5.86. The molecule has 2 rings (SSSR count). The Bertz CT molecular complexity index is 666. The number of phenols is 1. The number of phenolic OH excluding ortho intramolecular Hbond substituents is 1. The van der Waals surface area contributed by atoms with Gasteiger partial charge in [-0.15, -0.1) is 0 Å². The lowest BCUT2D eigenvalue weighted by molar-refractivity contribution is -0.121. The average molecular weight is 313 g/mol. The van der Waals surface area contributed by atoms with Crippen LogP contribution in [0, 0.1) is 0 Å². The number of hydrazone groups is 1. The molecule has 1 amide bonds. The van der Waals surface area contributed by atoms with Gasteiger partial charge in [0, 0.05) is 5.69 Å². The van der Waals surface area contributed by atoms with Crippen molar-refractivity contribution < 1.29 is 14.6 Å². The Morgan fingerprint density at radius 3 is 2.43 bits per heavy atom. The number of methoxy groups -OCH3 is 1. The highest BCUT2D eigenvalue weighted by Crippen LogP contribution is 2.15. The van der Waals surface area contributed by atoms with Crippen LogP contribution in [-0.4, -0.2) is 30.4 Å². The van der Waals surface area contributed by atoms with Crippen molar-refractivity contribution in [2.75, 3.05) is 12.4 Å². The van der Waals surface area contributed by atoms with Crippen molar-refractivity contribution in [3.8, 4) is 11.5 Å². The molecule has 120 valence electrons. The fourth-order valence-electron chi connectivity index (χ4n) is 1.83. The molecule has 0 spiro atoms. The number of rotatable bonds is 6. The number of nitrogens with zero attached hydrogens (tertiary/aromatic N) is 1. The predicted molar refractivity (Wildman–Crippen MR) is 89.9 cm³/mol. The zero-order valence-electron chi connectivity index (χ0n) is 13.0. The summed E-state index contributed by atoms with van der Waals surface area (Å²) >= 11 is 0. The lowest BCUT2D eigenvalue weighted by Crippen LogP contribution is -2.34. The molecule has 0 bridgehead atoms. The number of anilines is 1. The van der Waals surface area contributed by atoms with Gasteiger partial charge in [-0.1, -0.05) is 0 Å². The molecule has 6 nitrogen and oxygen atoms in total. The maximum Gasteiger partial charge on any atom is 0.262 e. The van der Waals surface area contributed by atoms with Crippen LogP contribution < -0.4 is 15.5 Å². The summed E-state index contributed by atoms with van der Waals surface area (Å²) in [6, 6.07) is 13.4. The Hall–Kier alpha value is -3.02. The summed E-state index contributed by atoms with van der Waals surface area (Å²) in [5.74, 6) is 0.686. The largest absolute Gasteiger partial charge is 0.508 e. The van der Waals surface area contributed by atoms with Gasteiger partial charge in [-0.2, -0.15) is 5.10 Å². The lowest BCUT2D eigenvalue weighted by Gasteiger charge is -2.13. The summed E-state index contributed by atoms with van der Waals surface area (Å²) < 4.78 is 5.08. The molecule has 2 aromatic carbocycles. The van der Waals surface area contributed by atoms with E-state index in [4.69, 9.17) is 4.74 Å². The van der Waals surface area contributed by atoms with Crippen LogP contribution >= 0.6 is 0 Å². The van der Waals surface area contributed by atoms with E-state index in [2.05, 4.69) is 15.8 Å². The SMILES string of the molecule is COc1ccc(NC(C)C(=O)N/N=C/c2ccc(O)cc2)cc1. The van der Waals surface area contributed by atoms with Gasteiger partial charge < -0.3 is 15.2 Å². The van der Waals surface area contributed by atoms with Crippen LogP contribution in [0.5, 0.6) is 11.5 Å². The van der Waals surface area contributed by atoms with Crippen molar-refractivity contribution >= 4 is 17.8 Å². The third-order valence-electron chi connectivity index (χ3n) is 3.15. The molecular formula is C17H19N3O3. The van der Waals surface area contributed by atoms with Gasteiger partial charge in [-0.05, 0) is 61.0 Å². The molecule has 1 unspecified atom stereocenters. The fourth-order valence-corrected chi connectivity index (χ4v) is 1.83. The molecule has 0 saturated heterocycles. The van der Waals surface area contributed by atoms with Gasteiger partial charge in [0.05, 0.1) is 13.3 Å². The zero-order valence-corrected chi connectivity index (χ0v) is 13.0. The van der Waals surface area contributed by atoms with E-state index < -0.39 is 6.04 Å². The quantitative estimate of drug-likeness (QED) is 0.565. The van der Waals surface area contributed by atoms with Crippen molar-refractivity contribution in [3.05, 3.63) is 54.1 Å². The number of carbonyl (C=O) groups excluding carboxylic acids is 1. The molecule has 3 N–H and O–H groups in total. The van der Waals surface area contributed by atoms with Crippen LogP contribution in [0.15, 0.2) is 53.6 Å². The van der Waals surface area contributed by atoms with E-state index in [9.17, 15) is 9.90 Å². The summed E-state index contributed by atoms with van der Waals surface area (Å²) in [4.78, 5) is 12.0. The van der Waals surface area contributed by atoms with Crippen LogP contribution in [0.3, 0.4) is 0 Å². The van der Waals surface area contributed by atoms with Crippen LogP contribution in [0.4, 0.5) is 5.69 Å². The fraction of sp³-hybridized carbons (Fsp3) is 0.176. The summed E-state index contributed by atoms with van der Waals surface area (Å²) in [7, 11) is 1.60. The molecule has 0 aromatic heterocycles. The number of amides is 1. The Kier molecular flexibility index (Phi) is 5.57. The number of carbonyl (C=O) groups is 1. The van der Waals surface area contributed by atoms with Gasteiger partial charge in [0.25, 0.3) is 5.91 Å². The van der Waals surface area contributed by atoms with Gasteiger partial charge in [-0.3, -0.25) is 4.79 Å². The Morgan fingerprint density at radius 2 is 1.83 bits per heavy atom. The van der Waals surface area contributed by atoms with Gasteiger partial charge in [0.1, 0.15) is 17.5 Å². The van der Waals surface area contributed by atoms with E-state index in [1.165, 1.54) is 6.21 Å². The number of ether oxygens (including phenoxy) is 1. The van der Waals surface area contributed by atoms with E-state index in [1.54, 1.807) is 38.3 Å². The Morgan fingerprint density at radius 1 is 1.17 bits per heavy atom. The molecule has 0 saturated carbocycles. The van der Waals surface area contributed by atoms with Gasteiger partial charge in [0.2, 0.25) is 0 Å². The van der Waals surface area contributed by atoms with Gasteiger partial charge >= 0.3 is 0 Å². The standard InChI is InChI=1S/C17H19N3O3/c1-12(19-14-5-9-16(23-2)10-6-14)17(22)20-18-11-13-3-7-15(21)8-4-13/h3-12,19,21H,1-2H3,(H,20,22)/b18-11+. The predicted octanol–water partition coefficient (Wildman–Crippen LogP) is 2.35. The Balaban J connectivity index is 1.85. The third kappa shape index (κ3) is 5.03. The average Bonchev–Trinajstić information content (AvgIpc) is 2.57.